The van der Waals surface area contributed by atoms with Crippen LogP contribution in [0.1, 0.15) is 24.4 Å². The Morgan fingerprint density at radius 2 is 1.85 bits per heavy atom. The van der Waals surface area contributed by atoms with E-state index < -0.39 is 28.3 Å². The number of fused-ring (bicyclic) bond motifs is 2. The van der Waals surface area contributed by atoms with Gasteiger partial charge in [0.15, 0.2) is 0 Å². The molecule has 3 aliphatic rings. The number of nitrogens with zero attached hydrogens (tertiary/aromatic N) is 1. The molecular weight excluding hydrogens is 589 g/mol. The zero-order valence-electron chi connectivity index (χ0n) is 22.3. The Morgan fingerprint density at radius 1 is 1.15 bits per heavy atom. The minimum absolute atomic E-state index is 0.0588. The van der Waals surface area contributed by atoms with Crippen LogP contribution < -0.4 is 19.5 Å². The van der Waals surface area contributed by atoms with Crippen LogP contribution in [0.5, 0.6) is 11.5 Å². The number of rotatable bonds is 9. The predicted octanol–water partition coefficient (Wildman–Crippen LogP) is 4.50. The van der Waals surface area contributed by atoms with Crippen molar-refractivity contribution in [3.05, 3.63) is 93.6 Å². The first-order valence-electron chi connectivity index (χ1n) is 13.2. The molecule has 2 aromatic carbocycles. The minimum atomic E-state index is -3.37. The largest absolute Gasteiger partial charge is 0.493 e. The molecule has 3 unspecified atom stereocenters. The highest BCUT2D eigenvalue weighted by atomic mass is 35.5. The first-order chi connectivity index (χ1) is 19.6. The summed E-state index contributed by atoms with van der Waals surface area (Å²) in [6, 6.07) is 13.7. The summed E-state index contributed by atoms with van der Waals surface area (Å²) >= 11 is 12.3. The Morgan fingerprint density at radius 3 is 2.56 bits per heavy atom. The fourth-order valence-corrected chi connectivity index (χ4v) is 6.08. The number of sulfonamides is 1. The van der Waals surface area contributed by atoms with Gasteiger partial charge in [0, 0.05) is 41.2 Å². The molecule has 0 aromatic heterocycles. The fraction of sp³-hybridized carbons (Fsp3) is 0.345. The van der Waals surface area contributed by atoms with Crippen molar-refractivity contribution in [1.29, 1.82) is 0 Å². The molecule has 1 amide bonds. The average Bonchev–Trinajstić information content (AvgIpc) is 3.30. The maximum atomic E-state index is 13.5. The molecule has 9 nitrogen and oxygen atoms in total. The van der Waals surface area contributed by atoms with Gasteiger partial charge in [0.1, 0.15) is 17.5 Å². The monoisotopic (exact) mass is 619 g/mol. The molecule has 0 saturated carbocycles. The molecule has 0 radical (unpaired) electrons. The predicted molar refractivity (Wildman–Crippen MR) is 157 cm³/mol. The van der Waals surface area contributed by atoms with Crippen LogP contribution in [0.3, 0.4) is 0 Å². The molecule has 5 rings (SSSR count). The summed E-state index contributed by atoms with van der Waals surface area (Å²) in [5.74, 6) is 1.11. The second-order valence-electron chi connectivity index (χ2n) is 10.2. The number of hydrogen-bond acceptors (Lipinski definition) is 7. The molecule has 218 valence electrons. The molecule has 41 heavy (non-hydrogen) atoms. The van der Waals surface area contributed by atoms with E-state index >= 15 is 0 Å². The van der Waals surface area contributed by atoms with Crippen LogP contribution in [0.2, 0.25) is 5.02 Å². The molecule has 12 heteroatoms. The Bertz CT molecular complexity index is 1470. The van der Waals surface area contributed by atoms with E-state index in [4.69, 9.17) is 32.7 Å². The lowest BCUT2D eigenvalue weighted by molar-refractivity contribution is 0.134. The summed E-state index contributed by atoms with van der Waals surface area (Å²) < 4.78 is 36.2. The van der Waals surface area contributed by atoms with Gasteiger partial charge in [-0.05, 0) is 60.0 Å². The van der Waals surface area contributed by atoms with Gasteiger partial charge in [-0.2, -0.15) is 0 Å². The first kappa shape index (κ1) is 29.5. The number of aliphatic hydroxyl groups excluding tert-OH is 1. The highest BCUT2D eigenvalue weighted by molar-refractivity contribution is 7.88. The average molecular weight is 621 g/mol. The van der Waals surface area contributed by atoms with Crippen LogP contribution >= 0.6 is 23.2 Å². The van der Waals surface area contributed by atoms with Crippen molar-refractivity contribution in [3.8, 4) is 11.5 Å². The van der Waals surface area contributed by atoms with Crippen LogP contribution in [-0.4, -0.2) is 62.6 Å². The van der Waals surface area contributed by atoms with Gasteiger partial charge in [-0.3, -0.25) is 4.90 Å². The Kier molecular flexibility index (Phi) is 8.96. The summed E-state index contributed by atoms with van der Waals surface area (Å²) in [5.41, 5.74) is 3.05. The van der Waals surface area contributed by atoms with Crippen molar-refractivity contribution >= 4 is 39.3 Å². The summed E-state index contributed by atoms with van der Waals surface area (Å²) in [7, 11) is -3.37. The van der Waals surface area contributed by atoms with E-state index in [0.29, 0.717) is 34.5 Å². The van der Waals surface area contributed by atoms with Crippen molar-refractivity contribution in [3.63, 3.8) is 0 Å². The highest BCUT2D eigenvalue weighted by Crippen LogP contribution is 2.45. The Labute approximate surface area is 249 Å². The molecule has 0 saturated heterocycles. The lowest BCUT2D eigenvalue weighted by atomic mass is 9.85. The van der Waals surface area contributed by atoms with E-state index in [-0.39, 0.29) is 31.5 Å². The normalized spacial score (nSPS) is 22.4. The molecule has 0 bridgehead atoms. The zero-order valence-corrected chi connectivity index (χ0v) is 24.6. The standard InChI is InChI=1S/C29H31Cl2N3O6S/c1-41(37,38)32-17-21(35)13-15-39-22-7-2-18(3-8-22)28-27-24(25-16-20(31)6-11-26(25)33-27)12-14-34(28)29(36)40-23-9-4-19(30)5-10-23/h2-11,16,21,25-26,28,32-33,35H,12-15,17H2,1H3/t21?,25?,26?,28-/m0/s1. The number of carbonyl (C=O) groups excluding carboxylic acids is 1. The van der Waals surface area contributed by atoms with Crippen LogP contribution in [0.4, 0.5) is 4.79 Å². The van der Waals surface area contributed by atoms with Crippen LogP contribution in [0, 0.1) is 5.92 Å². The number of benzene rings is 2. The lowest BCUT2D eigenvalue weighted by Crippen LogP contribution is -2.43. The number of hydrogen-bond donors (Lipinski definition) is 3. The SMILES string of the molecule is CS(=O)(=O)NCC(O)CCOc1ccc([C@H]2C3=C(CCN2C(=O)Oc2ccc(Cl)cc2)C2C=C(Cl)C=CC2N3)cc1. The second kappa shape index (κ2) is 12.5. The molecule has 0 fully saturated rings. The van der Waals surface area contributed by atoms with Crippen molar-refractivity contribution in [2.45, 2.75) is 31.0 Å². The third kappa shape index (κ3) is 7.25. The molecule has 0 spiro atoms. The summed E-state index contributed by atoms with van der Waals surface area (Å²) in [6.07, 6.45) is 6.63. The van der Waals surface area contributed by atoms with E-state index in [2.05, 4.69) is 22.2 Å². The van der Waals surface area contributed by atoms with Gasteiger partial charge in [-0.25, -0.2) is 17.9 Å². The Balaban J connectivity index is 1.33. The number of nitrogens with one attached hydrogen (secondary N) is 2. The molecule has 2 heterocycles. The molecular formula is C29H31Cl2N3O6S. The van der Waals surface area contributed by atoms with Crippen molar-refractivity contribution in [2.24, 2.45) is 5.92 Å². The molecule has 2 aliphatic heterocycles. The van der Waals surface area contributed by atoms with Gasteiger partial charge >= 0.3 is 6.09 Å². The zero-order chi connectivity index (χ0) is 29.1. The number of aliphatic hydroxyl groups is 1. The van der Waals surface area contributed by atoms with E-state index in [1.165, 1.54) is 5.57 Å². The number of halogens is 2. The third-order valence-corrected chi connectivity index (χ3v) is 8.41. The summed E-state index contributed by atoms with van der Waals surface area (Å²) in [4.78, 5) is 15.2. The third-order valence-electron chi connectivity index (χ3n) is 7.22. The number of amides is 1. The van der Waals surface area contributed by atoms with E-state index in [1.54, 1.807) is 29.2 Å². The second-order valence-corrected chi connectivity index (χ2v) is 12.9. The fourth-order valence-electron chi connectivity index (χ4n) is 5.25. The van der Waals surface area contributed by atoms with E-state index in [0.717, 1.165) is 17.5 Å². The number of allylic oxidation sites excluding steroid dienone is 2. The number of ether oxygens (including phenoxy) is 2. The van der Waals surface area contributed by atoms with Gasteiger partial charge in [-0.15, -0.1) is 0 Å². The van der Waals surface area contributed by atoms with Crippen molar-refractivity contribution in [1.82, 2.24) is 14.9 Å². The molecule has 3 N–H and O–H groups in total. The molecule has 4 atom stereocenters. The first-order valence-corrected chi connectivity index (χ1v) is 15.9. The van der Waals surface area contributed by atoms with Crippen molar-refractivity contribution in [2.75, 3.05) is 26.0 Å². The minimum Gasteiger partial charge on any atom is -0.493 e. The maximum absolute atomic E-state index is 13.5. The van der Waals surface area contributed by atoms with Gasteiger partial charge in [0.2, 0.25) is 10.0 Å². The smallest absolute Gasteiger partial charge is 0.416 e. The molecule has 1 aliphatic carbocycles. The van der Waals surface area contributed by atoms with E-state index in [1.807, 2.05) is 30.3 Å². The summed E-state index contributed by atoms with van der Waals surface area (Å²) in [5, 5.41) is 14.9. The van der Waals surface area contributed by atoms with Gasteiger partial charge < -0.3 is 19.9 Å². The number of carbonyl (C=O) groups is 1. The van der Waals surface area contributed by atoms with Crippen LogP contribution in [0.15, 0.2) is 83.1 Å². The topological polar surface area (TPSA) is 117 Å². The maximum Gasteiger partial charge on any atom is 0.416 e. The highest BCUT2D eigenvalue weighted by Gasteiger charge is 2.43. The van der Waals surface area contributed by atoms with E-state index in [9.17, 15) is 18.3 Å². The van der Waals surface area contributed by atoms with Crippen LogP contribution in [0.25, 0.3) is 0 Å². The van der Waals surface area contributed by atoms with Gasteiger partial charge in [0.25, 0.3) is 0 Å². The van der Waals surface area contributed by atoms with Gasteiger partial charge in [-0.1, -0.05) is 47.5 Å². The quantitative estimate of drug-likeness (QED) is 0.378. The summed E-state index contributed by atoms with van der Waals surface area (Å²) in [6.45, 7) is 0.592. The van der Waals surface area contributed by atoms with Crippen molar-refractivity contribution < 1.29 is 27.8 Å². The Hall–Kier alpha value is -3.02. The molecule has 2 aromatic rings. The van der Waals surface area contributed by atoms with Crippen LogP contribution in [-0.2, 0) is 10.0 Å². The lowest BCUT2D eigenvalue weighted by Gasteiger charge is -2.37. The van der Waals surface area contributed by atoms with Gasteiger partial charge in [0.05, 0.1) is 25.0 Å².